The zero-order valence-electron chi connectivity index (χ0n) is 17.4. The first-order chi connectivity index (χ1) is 14.9. The molecule has 4 aromatic carbocycles. The summed E-state index contributed by atoms with van der Waals surface area (Å²) in [5, 5.41) is 0. The molecule has 0 unspecified atom stereocenters. The van der Waals surface area contributed by atoms with Crippen LogP contribution >= 0.6 is 0 Å². The maximum absolute atomic E-state index is 6.29. The van der Waals surface area contributed by atoms with E-state index in [-0.39, 0.29) is 5.41 Å². The monoisotopic (exact) mass is 528 g/mol. The van der Waals surface area contributed by atoms with E-state index >= 15 is 0 Å². The van der Waals surface area contributed by atoms with E-state index in [0.29, 0.717) is 0 Å². The Bertz CT molecular complexity index is 1070. The molecular weight excluding hydrogens is 506 g/mol. The Balaban J connectivity index is 1.71. The molecule has 0 aromatic heterocycles. The molecule has 4 aromatic rings. The minimum atomic E-state index is -0.337. The van der Waals surface area contributed by atoms with Gasteiger partial charge in [0.2, 0.25) is 0 Å². The van der Waals surface area contributed by atoms with E-state index in [0.717, 1.165) is 42.8 Å². The molecule has 4 radical (unpaired) electrons. The first-order valence-corrected chi connectivity index (χ1v) is 11.9. The molecule has 0 fully saturated rings. The summed E-state index contributed by atoms with van der Waals surface area (Å²) in [5.74, 6) is 3.32. The van der Waals surface area contributed by atoms with Crippen molar-refractivity contribution in [1.82, 2.24) is 0 Å². The molecule has 0 aliphatic carbocycles. The Morgan fingerprint density at radius 1 is 0.516 bits per heavy atom. The van der Waals surface area contributed by atoms with E-state index in [1.807, 2.05) is 72.8 Å². The van der Waals surface area contributed by atoms with E-state index in [4.69, 9.17) is 9.47 Å². The van der Waals surface area contributed by atoms with Crippen molar-refractivity contribution in [2.45, 2.75) is 19.3 Å². The molecule has 2 nitrogen and oxygen atoms in total. The predicted octanol–water partition coefficient (Wildman–Crippen LogP) is 5.18. The molecule has 0 bridgehead atoms. The minimum absolute atomic E-state index is 0.337. The average Bonchev–Trinajstić information content (AvgIpc) is 2.77. The number of ether oxygens (including phenoxy) is 2. The van der Waals surface area contributed by atoms with Crippen molar-refractivity contribution < 1.29 is 9.47 Å². The van der Waals surface area contributed by atoms with Gasteiger partial charge < -0.3 is 0 Å². The van der Waals surface area contributed by atoms with Gasteiger partial charge in [-0.2, -0.15) is 0 Å². The van der Waals surface area contributed by atoms with Gasteiger partial charge in [0.25, 0.3) is 0 Å². The normalized spacial score (nSPS) is 11.2. The van der Waals surface area contributed by atoms with Crippen LogP contribution in [0.15, 0.2) is 97.1 Å². The SMILES string of the molecule is CC(C)(c1ccccc1Oc1ccc([As])cc1)c1ccccc1Oc1ccc([As])cc1. The zero-order valence-corrected chi connectivity index (χ0v) is 21.2. The number of rotatable bonds is 6. The molecule has 0 atom stereocenters. The number of benzene rings is 4. The van der Waals surface area contributed by atoms with Crippen molar-refractivity contribution >= 4 is 42.4 Å². The zero-order chi connectivity index (χ0) is 21.8. The fourth-order valence-corrected chi connectivity index (χ4v) is 4.20. The molecule has 0 aliphatic rings. The van der Waals surface area contributed by atoms with Gasteiger partial charge in [-0.1, -0.05) is 0 Å². The second-order valence-electron chi connectivity index (χ2n) is 7.81. The summed E-state index contributed by atoms with van der Waals surface area (Å²) in [5.41, 5.74) is 1.86. The van der Waals surface area contributed by atoms with Gasteiger partial charge in [0.05, 0.1) is 0 Å². The molecule has 0 amide bonds. The number of hydrogen-bond donors (Lipinski definition) is 0. The summed E-state index contributed by atoms with van der Waals surface area (Å²) in [7, 11) is 0. The van der Waals surface area contributed by atoms with Crippen molar-refractivity contribution in [2.24, 2.45) is 0 Å². The summed E-state index contributed by atoms with van der Waals surface area (Å²) in [4.78, 5) is 0. The standard InChI is InChI=1S/C27H22As2O2/c1-27(2,23-7-3-5-9-25(23)30-21-15-11-19(28)12-16-21)24-8-4-6-10-26(24)31-22-17-13-20(29)14-18-22/h3-18H,1-2H3. The Labute approximate surface area is 201 Å². The molecule has 0 N–H and O–H groups in total. The van der Waals surface area contributed by atoms with Gasteiger partial charge in [0, 0.05) is 0 Å². The third-order valence-electron chi connectivity index (χ3n) is 5.25. The van der Waals surface area contributed by atoms with E-state index in [1.54, 1.807) is 0 Å². The van der Waals surface area contributed by atoms with Gasteiger partial charge in [-0.25, -0.2) is 0 Å². The van der Waals surface area contributed by atoms with Crippen LogP contribution in [0.25, 0.3) is 0 Å². The molecule has 31 heavy (non-hydrogen) atoms. The first-order valence-electron chi connectivity index (χ1n) is 10.1. The summed E-state index contributed by atoms with van der Waals surface area (Å²) >= 11 is 5.08. The van der Waals surface area contributed by atoms with Crippen molar-refractivity contribution in [3.63, 3.8) is 0 Å². The topological polar surface area (TPSA) is 18.5 Å². The Hall–Kier alpha value is -2.40. The number of para-hydroxylation sites is 2. The van der Waals surface area contributed by atoms with E-state index in [9.17, 15) is 0 Å². The maximum atomic E-state index is 6.29. The predicted molar refractivity (Wildman–Crippen MR) is 129 cm³/mol. The molecule has 0 heterocycles. The van der Waals surface area contributed by atoms with E-state index in [2.05, 4.69) is 71.8 Å². The van der Waals surface area contributed by atoms with Gasteiger partial charge >= 0.3 is 202 Å². The van der Waals surface area contributed by atoms with Crippen LogP contribution < -0.4 is 18.2 Å². The van der Waals surface area contributed by atoms with Crippen molar-refractivity contribution in [1.29, 1.82) is 0 Å². The molecule has 4 heteroatoms. The van der Waals surface area contributed by atoms with Crippen LogP contribution in [-0.4, -0.2) is 33.7 Å². The van der Waals surface area contributed by atoms with Crippen LogP contribution in [0.3, 0.4) is 0 Å². The molecule has 0 saturated heterocycles. The van der Waals surface area contributed by atoms with Crippen LogP contribution in [0, 0.1) is 0 Å². The molecule has 0 aliphatic heterocycles. The van der Waals surface area contributed by atoms with Crippen LogP contribution in [0.4, 0.5) is 0 Å². The Morgan fingerprint density at radius 2 is 0.871 bits per heavy atom. The van der Waals surface area contributed by atoms with Gasteiger partial charge in [-0.05, 0) is 0 Å². The van der Waals surface area contributed by atoms with Crippen LogP contribution in [0.2, 0.25) is 0 Å². The van der Waals surface area contributed by atoms with Crippen LogP contribution in [-0.2, 0) is 5.41 Å². The fraction of sp³-hybridized carbons (Fsp3) is 0.111. The molecular formula is C27H22As2O2. The van der Waals surface area contributed by atoms with Crippen molar-refractivity contribution in [3.05, 3.63) is 108 Å². The van der Waals surface area contributed by atoms with Gasteiger partial charge in [-0.3, -0.25) is 0 Å². The first kappa shape index (κ1) is 21.8. The molecule has 4 rings (SSSR count). The summed E-state index contributed by atoms with van der Waals surface area (Å²) < 4.78 is 14.9. The summed E-state index contributed by atoms with van der Waals surface area (Å²) in [6.07, 6.45) is 0. The Kier molecular flexibility index (Phi) is 6.61. The quantitative estimate of drug-likeness (QED) is 0.321. The van der Waals surface area contributed by atoms with Crippen LogP contribution in [0.1, 0.15) is 25.0 Å². The second kappa shape index (κ2) is 9.39. The van der Waals surface area contributed by atoms with Crippen molar-refractivity contribution in [3.8, 4) is 23.0 Å². The van der Waals surface area contributed by atoms with E-state index < -0.39 is 0 Å². The summed E-state index contributed by atoms with van der Waals surface area (Å²) in [6, 6.07) is 32.5. The Morgan fingerprint density at radius 3 is 1.26 bits per heavy atom. The molecule has 0 spiro atoms. The molecule has 152 valence electrons. The van der Waals surface area contributed by atoms with Gasteiger partial charge in [-0.15, -0.1) is 0 Å². The fourth-order valence-electron chi connectivity index (χ4n) is 3.57. The number of hydrogen-bond acceptors (Lipinski definition) is 2. The second-order valence-corrected chi connectivity index (χ2v) is 9.98. The van der Waals surface area contributed by atoms with Gasteiger partial charge in [0.1, 0.15) is 0 Å². The van der Waals surface area contributed by atoms with Gasteiger partial charge in [0.15, 0.2) is 0 Å². The average molecular weight is 528 g/mol. The van der Waals surface area contributed by atoms with Crippen LogP contribution in [0.5, 0.6) is 23.0 Å². The summed E-state index contributed by atoms with van der Waals surface area (Å²) in [6.45, 7) is 4.41. The molecule has 0 saturated carbocycles. The third-order valence-corrected chi connectivity index (χ3v) is 6.50. The van der Waals surface area contributed by atoms with E-state index in [1.165, 1.54) is 0 Å². The third kappa shape index (κ3) is 5.09. The van der Waals surface area contributed by atoms with Crippen molar-refractivity contribution in [2.75, 3.05) is 0 Å².